The lowest BCUT2D eigenvalue weighted by Gasteiger charge is -2.22. The Morgan fingerprint density at radius 1 is 1.30 bits per heavy atom. The third-order valence-electron chi connectivity index (χ3n) is 4.20. The number of aliphatic hydroxyl groups is 1. The van der Waals surface area contributed by atoms with Gasteiger partial charge in [0.05, 0.1) is 12.7 Å². The topological polar surface area (TPSA) is 93.5 Å². The molecule has 27 heavy (non-hydrogen) atoms. The van der Waals surface area contributed by atoms with Gasteiger partial charge >= 0.3 is 11.9 Å². The van der Waals surface area contributed by atoms with Gasteiger partial charge in [0.15, 0.2) is 0 Å². The van der Waals surface area contributed by atoms with Crippen LogP contribution < -0.4 is 11.0 Å². The molecule has 1 aromatic heterocycles. The van der Waals surface area contributed by atoms with Gasteiger partial charge in [-0.3, -0.25) is 9.36 Å². The van der Waals surface area contributed by atoms with Crippen molar-refractivity contribution in [2.45, 2.75) is 24.9 Å². The number of benzene rings is 1. The van der Waals surface area contributed by atoms with Gasteiger partial charge in [-0.25, -0.2) is 4.79 Å². The Bertz CT molecular complexity index is 870. The zero-order valence-corrected chi connectivity index (χ0v) is 13.9. The highest BCUT2D eigenvalue weighted by Gasteiger charge is 2.52. The lowest BCUT2D eigenvalue weighted by atomic mass is 10.0. The zero-order valence-electron chi connectivity index (χ0n) is 13.9. The third kappa shape index (κ3) is 4.17. The Morgan fingerprint density at radius 2 is 2.00 bits per heavy atom. The zero-order chi connectivity index (χ0) is 19.6. The Balaban J connectivity index is 1.82. The second-order valence-corrected chi connectivity index (χ2v) is 6.04. The fraction of sp³-hybridized carbons (Fsp3) is 0.353. The maximum absolute atomic E-state index is 13.2. The first kappa shape index (κ1) is 19.1. The number of alkyl halides is 3. The van der Waals surface area contributed by atoms with Crippen LogP contribution in [0.1, 0.15) is 23.0 Å². The number of carbonyl (C=O) groups excluding carboxylic acids is 1. The standard InChI is InChI=1S/C17H16F3N3O4/c18-17(19,20)12-8-11(9-24)27-15(12)23-7-6-13(22-16(23)26)21-14(25)10-4-2-1-3-5-10/h1-7,11-12,15,24H,8-9H2,(H,21,22,25,26)/t11-,12-,15+/m0/s1. The molecule has 1 saturated heterocycles. The number of amides is 1. The molecule has 1 amide bonds. The van der Waals surface area contributed by atoms with Crippen LogP contribution >= 0.6 is 0 Å². The number of carbonyl (C=O) groups is 1. The van der Waals surface area contributed by atoms with Crippen LogP contribution in [0.4, 0.5) is 19.0 Å². The van der Waals surface area contributed by atoms with E-state index in [-0.39, 0.29) is 5.82 Å². The van der Waals surface area contributed by atoms with Gasteiger partial charge in [-0.05, 0) is 24.6 Å². The minimum atomic E-state index is -4.60. The highest BCUT2D eigenvalue weighted by molar-refractivity contribution is 6.03. The molecular formula is C17H16F3N3O4. The Labute approximate surface area is 151 Å². The molecule has 0 radical (unpaired) electrons. The van der Waals surface area contributed by atoms with Gasteiger partial charge in [0.1, 0.15) is 18.0 Å². The molecule has 10 heteroatoms. The molecular weight excluding hydrogens is 367 g/mol. The molecule has 3 rings (SSSR count). The Morgan fingerprint density at radius 3 is 2.59 bits per heavy atom. The van der Waals surface area contributed by atoms with Crippen LogP contribution in [0.25, 0.3) is 0 Å². The van der Waals surface area contributed by atoms with Crippen molar-refractivity contribution >= 4 is 11.7 Å². The van der Waals surface area contributed by atoms with Crippen LogP contribution in [-0.2, 0) is 4.74 Å². The van der Waals surface area contributed by atoms with E-state index in [9.17, 15) is 22.8 Å². The smallest absolute Gasteiger partial charge is 0.394 e. The normalized spacial score (nSPS) is 22.6. The van der Waals surface area contributed by atoms with Gasteiger partial charge < -0.3 is 15.2 Å². The molecule has 2 aromatic rings. The summed E-state index contributed by atoms with van der Waals surface area (Å²) in [6, 6.07) is 9.39. The van der Waals surface area contributed by atoms with Crippen molar-refractivity contribution < 1.29 is 27.8 Å². The Hall–Kier alpha value is -2.72. The lowest BCUT2D eigenvalue weighted by molar-refractivity contribution is -0.198. The molecule has 3 atom stereocenters. The molecule has 7 nitrogen and oxygen atoms in total. The first-order valence-electron chi connectivity index (χ1n) is 8.08. The lowest BCUT2D eigenvalue weighted by Crippen LogP contribution is -2.35. The SMILES string of the molecule is O=C(Nc1ccn([C@@H]2O[C@H](CO)C[C@@H]2C(F)(F)F)c(=O)n1)c1ccccc1. The highest BCUT2D eigenvalue weighted by Crippen LogP contribution is 2.44. The predicted molar refractivity (Wildman–Crippen MR) is 88.0 cm³/mol. The van der Waals surface area contributed by atoms with Gasteiger partial charge in [-0.1, -0.05) is 18.2 Å². The molecule has 2 N–H and O–H groups in total. The molecule has 0 bridgehead atoms. The van der Waals surface area contributed by atoms with E-state index >= 15 is 0 Å². The molecule has 0 unspecified atom stereocenters. The van der Waals surface area contributed by atoms with Crippen molar-refractivity contribution in [1.29, 1.82) is 0 Å². The summed E-state index contributed by atoms with van der Waals surface area (Å²) in [5.74, 6) is -2.55. The van der Waals surface area contributed by atoms with Crippen molar-refractivity contribution in [3.63, 3.8) is 0 Å². The van der Waals surface area contributed by atoms with Crippen molar-refractivity contribution in [2.75, 3.05) is 11.9 Å². The van der Waals surface area contributed by atoms with E-state index in [2.05, 4.69) is 10.3 Å². The molecule has 1 fully saturated rings. The second-order valence-electron chi connectivity index (χ2n) is 6.04. The molecule has 1 aliphatic heterocycles. The van der Waals surface area contributed by atoms with Crippen molar-refractivity contribution in [3.8, 4) is 0 Å². The maximum atomic E-state index is 13.2. The Kier molecular flexibility index (Phi) is 5.29. The van der Waals surface area contributed by atoms with Gasteiger partial charge in [-0.15, -0.1) is 0 Å². The van der Waals surface area contributed by atoms with Gasteiger partial charge in [0, 0.05) is 11.8 Å². The molecule has 1 aliphatic rings. The first-order valence-corrected chi connectivity index (χ1v) is 8.08. The number of nitrogens with zero attached hydrogens (tertiary/aromatic N) is 2. The molecule has 1 aromatic carbocycles. The number of rotatable bonds is 4. The second kappa shape index (κ2) is 7.49. The van der Waals surface area contributed by atoms with Crippen molar-refractivity contribution in [3.05, 3.63) is 58.6 Å². The van der Waals surface area contributed by atoms with Crippen LogP contribution in [0.15, 0.2) is 47.4 Å². The minimum absolute atomic E-state index is 0.0923. The number of aliphatic hydroxyl groups excluding tert-OH is 1. The van der Waals surface area contributed by atoms with E-state index in [1.54, 1.807) is 30.3 Å². The van der Waals surface area contributed by atoms with E-state index in [4.69, 9.17) is 9.84 Å². The fourth-order valence-electron chi connectivity index (χ4n) is 2.87. The summed E-state index contributed by atoms with van der Waals surface area (Å²) >= 11 is 0. The van der Waals surface area contributed by atoms with E-state index < -0.39 is 49.1 Å². The van der Waals surface area contributed by atoms with E-state index in [1.165, 1.54) is 6.07 Å². The number of aromatic nitrogens is 2. The first-order chi connectivity index (χ1) is 12.8. The summed E-state index contributed by atoms with van der Waals surface area (Å²) in [6.07, 6.45) is -6.62. The number of nitrogens with one attached hydrogen (secondary N) is 1. The molecule has 0 aliphatic carbocycles. The maximum Gasteiger partial charge on any atom is 0.396 e. The number of hydrogen-bond acceptors (Lipinski definition) is 5. The summed E-state index contributed by atoms with van der Waals surface area (Å²) < 4.78 is 45.6. The molecule has 0 spiro atoms. The summed E-state index contributed by atoms with van der Waals surface area (Å²) in [4.78, 5) is 27.9. The summed E-state index contributed by atoms with van der Waals surface area (Å²) in [7, 11) is 0. The molecule has 0 saturated carbocycles. The monoisotopic (exact) mass is 383 g/mol. The number of ether oxygens (including phenoxy) is 1. The average molecular weight is 383 g/mol. The third-order valence-corrected chi connectivity index (χ3v) is 4.20. The summed E-state index contributed by atoms with van der Waals surface area (Å²) in [5, 5.41) is 11.5. The van der Waals surface area contributed by atoms with Crippen LogP contribution in [0.3, 0.4) is 0 Å². The summed E-state index contributed by atoms with van der Waals surface area (Å²) in [6.45, 7) is -0.587. The summed E-state index contributed by atoms with van der Waals surface area (Å²) in [5.41, 5.74) is -0.663. The van der Waals surface area contributed by atoms with Crippen LogP contribution in [0.5, 0.6) is 0 Å². The number of hydrogen-bond donors (Lipinski definition) is 2. The average Bonchev–Trinajstić information content (AvgIpc) is 3.07. The van der Waals surface area contributed by atoms with E-state index in [0.717, 1.165) is 6.20 Å². The number of anilines is 1. The largest absolute Gasteiger partial charge is 0.396 e. The van der Waals surface area contributed by atoms with E-state index in [0.29, 0.717) is 10.1 Å². The fourth-order valence-corrected chi connectivity index (χ4v) is 2.87. The number of halogens is 3. The van der Waals surface area contributed by atoms with Gasteiger partial charge in [-0.2, -0.15) is 18.2 Å². The minimum Gasteiger partial charge on any atom is -0.394 e. The molecule has 2 heterocycles. The molecule has 144 valence electrons. The predicted octanol–water partition coefficient (Wildman–Crippen LogP) is 1.95. The highest BCUT2D eigenvalue weighted by atomic mass is 19.4. The van der Waals surface area contributed by atoms with E-state index in [1.807, 2.05) is 0 Å². The van der Waals surface area contributed by atoms with Crippen LogP contribution in [0.2, 0.25) is 0 Å². The van der Waals surface area contributed by atoms with Crippen LogP contribution in [0, 0.1) is 5.92 Å². The van der Waals surface area contributed by atoms with Crippen molar-refractivity contribution in [1.82, 2.24) is 9.55 Å². The quantitative estimate of drug-likeness (QED) is 0.842. The van der Waals surface area contributed by atoms with Gasteiger partial charge in [0.25, 0.3) is 5.91 Å². The van der Waals surface area contributed by atoms with Crippen LogP contribution in [-0.4, -0.2) is 39.5 Å². The van der Waals surface area contributed by atoms with Gasteiger partial charge in [0.2, 0.25) is 0 Å². The van der Waals surface area contributed by atoms with Crippen molar-refractivity contribution in [2.24, 2.45) is 5.92 Å².